The maximum absolute atomic E-state index is 5.83. The topological polar surface area (TPSA) is 71.2 Å². The van der Waals surface area contributed by atoms with E-state index in [1.54, 1.807) is 0 Å². The van der Waals surface area contributed by atoms with Crippen molar-refractivity contribution in [3.05, 3.63) is 0 Å². The molecule has 106 valence electrons. The molecule has 1 aromatic rings. The standard InChI is InChI=1S/C13H24N6/c1-4-10(2)18(3)12-15-11(14)16-13(17-12)19-8-6-5-7-9-19/h10H,4-9H2,1-3H3,(H2,14,15,16,17). The van der Waals surface area contributed by atoms with Crippen molar-refractivity contribution < 1.29 is 0 Å². The number of rotatable bonds is 4. The lowest BCUT2D eigenvalue weighted by Gasteiger charge is -2.28. The van der Waals surface area contributed by atoms with Crippen LogP contribution in [0.3, 0.4) is 0 Å². The van der Waals surface area contributed by atoms with Gasteiger partial charge in [-0.1, -0.05) is 6.92 Å². The largest absolute Gasteiger partial charge is 0.368 e. The zero-order valence-corrected chi connectivity index (χ0v) is 12.1. The SMILES string of the molecule is CCC(C)N(C)c1nc(N)nc(N2CCCCC2)n1. The molecule has 0 bridgehead atoms. The van der Waals surface area contributed by atoms with Gasteiger partial charge in [0.2, 0.25) is 17.8 Å². The molecule has 0 saturated carbocycles. The van der Waals surface area contributed by atoms with Gasteiger partial charge in [0.25, 0.3) is 0 Å². The number of nitrogens with zero attached hydrogens (tertiary/aromatic N) is 5. The first-order valence-electron chi connectivity index (χ1n) is 7.11. The first kappa shape index (κ1) is 13.8. The van der Waals surface area contributed by atoms with Crippen LogP contribution >= 0.6 is 0 Å². The summed E-state index contributed by atoms with van der Waals surface area (Å²) in [5.41, 5.74) is 5.83. The second kappa shape index (κ2) is 6.04. The molecule has 6 heteroatoms. The van der Waals surface area contributed by atoms with Crippen LogP contribution in [-0.4, -0.2) is 41.1 Å². The van der Waals surface area contributed by atoms with Gasteiger partial charge < -0.3 is 15.5 Å². The summed E-state index contributed by atoms with van der Waals surface area (Å²) in [5.74, 6) is 1.69. The number of hydrogen-bond acceptors (Lipinski definition) is 6. The summed E-state index contributed by atoms with van der Waals surface area (Å²) in [4.78, 5) is 17.4. The predicted molar refractivity (Wildman–Crippen MR) is 78.5 cm³/mol. The number of hydrogen-bond donors (Lipinski definition) is 1. The fourth-order valence-corrected chi connectivity index (χ4v) is 2.23. The Kier molecular flexibility index (Phi) is 4.39. The van der Waals surface area contributed by atoms with Crippen LogP contribution in [0.15, 0.2) is 0 Å². The minimum Gasteiger partial charge on any atom is -0.368 e. The average Bonchev–Trinajstić information content (AvgIpc) is 2.46. The zero-order chi connectivity index (χ0) is 13.8. The molecule has 1 aromatic heterocycles. The van der Waals surface area contributed by atoms with E-state index in [-0.39, 0.29) is 0 Å². The molecule has 1 aliphatic rings. The third-order valence-corrected chi connectivity index (χ3v) is 3.84. The summed E-state index contributed by atoms with van der Waals surface area (Å²) in [6.07, 6.45) is 4.72. The Hall–Kier alpha value is -1.59. The Morgan fingerprint density at radius 3 is 2.53 bits per heavy atom. The summed E-state index contributed by atoms with van der Waals surface area (Å²) in [7, 11) is 2.00. The van der Waals surface area contributed by atoms with E-state index in [4.69, 9.17) is 5.73 Å². The number of piperidine rings is 1. The van der Waals surface area contributed by atoms with E-state index in [9.17, 15) is 0 Å². The fourth-order valence-electron chi connectivity index (χ4n) is 2.23. The summed E-state index contributed by atoms with van der Waals surface area (Å²) in [6.45, 7) is 6.32. The third-order valence-electron chi connectivity index (χ3n) is 3.84. The minimum atomic E-state index is 0.306. The summed E-state index contributed by atoms with van der Waals surface area (Å²) < 4.78 is 0. The zero-order valence-electron chi connectivity index (χ0n) is 12.1. The van der Waals surface area contributed by atoms with Crippen molar-refractivity contribution in [3.63, 3.8) is 0 Å². The molecule has 19 heavy (non-hydrogen) atoms. The van der Waals surface area contributed by atoms with Gasteiger partial charge in [-0.05, 0) is 32.6 Å². The third kappa shape index (κ3) is 3.24. The molecular formula is C13H24N6. The van der Waals surface area contributed by atoms with E-state index in [0.717, 1.165) is 25.5 Å². The van der Waals surface area contributed by atoms with E-state index < -0.39 is 0 Å². The molecule has 1 aliphatic heterocycles. The van der Waals surface area contributed by atoms with Gasteiger partial charge in [0.15, 0.2) is 0 Å². The lowest BCUT2D eigenvalue weighted by molar-refractivity contribution is 0.566. The highest BCUT2D eigenvalue weighted by Gasteiger charge is 2.18. The molecular weight excluding hydrogens is 240 g/mol. The lowest BCUT2D eigenvalue weighted by Crippen LogP contribution is -2.34. The highest BCUT2D eigenvalue weighted by atomic mass is 15.4. The maximum Gasteiger partial charge on any atom is 0.231 e. The highest BCUT2D eigenvalue weighted by Crippen LogP contribution is 2.20. The molecule has 0 aromatic carbocycles. The second-order valence-corrected chi connectivity index (χ2v) is 5.21. The van der Waals surface area contributed by atoms with Gasteiger partial charge >= 0.3 is 0 Å². The van der Waals surface area contributed by atoms with Gasteiger partial charge in [-0.25, -0.2) is 0 Å². The monoisotopic (exact) mass is 264 g/mol. The summed E-state index contributed by atoms with van der Waals surface area (Å²) in [6, 6.07) is 0.385. The molecule has 2 heterocycles. The van der Waals surface area contributed by atoms with Crippen molar-refractivity contribution in [1.82, 2.24) is 15.0 Å². The van der Waals surface area contributed by atoms with Crippen molar-refractivity contribution in [2.75, 3.05) is 35.7 Å². The molecule has 1 fully saturated rings. The first-order valence-corrected chi connectivity index (χ1v) is 7.11. The number of nitrogen functional groups attached to an aromatic ring is 1. The van der Waals surface area contributed by atoms with Crippen LogP contribution < -0.4 is 15.5 Å². The average molecular weight is 264 g/mol. The second-order valence-electron chi connectivity index (χ2n) is 5.21. The smallest absolute Gasteiger partial charge is 0.231 e. The Labute approximate surface area is 115 Å². The van der Waals surface area contributed by atoms with Crippen LogP contribution in [0.25, 0.3) is 0 Å². The van der Waals surface area contributed by atoms with Gasteiger partial charge in [0.1, 0.15) is 0 Å². The van der Waals surface area contributed by atoms with E-state index in [2.05, 4.69) is 38.6 Å². The first-order chi connectivity index (χ1) is 9.11. The van der Waals surface area contributed by atoms with Crippen molar-refractivity contribution in [2.45, 2.75) is 45.6 Å². The van der Waals surface area contributed by atoms with Crippen molar-refractivity contribution in [3.8, 4) is 0 Å². The molecule has 1 saturated heterocycles. The molecule has 1 unspecified atom stereocenters. The maximum atomic E-state index is 5.83. The van der Waals surface area contributed by atoms with Crippen molar-refractivity contribution in [2.24, 2.45) is 0 Å². The lowest BCUT2D eigenvalue weighted by atomic mass is 10.1. The normalized spacial score (nSPS) is 17.3. The molecule has 0 aliphatic carbocycles. The quantitative estimate of drug-likeness (QED) is 0.892. The van der Waals surface area contributed by atoms with Crippen LogP contribution in [0.1, 0.15) is 39.5 Å². The van der Waals surface area contributed by atoms with Crippen LogP contribution in [0.5, 0.6) is 0 Å². The highest BCUT2D eigenvalue weighted by molar-refractivity contribution is 5.43. The van der Waals surface area contributed by atoms with Gasteiger partial charge in [-0.2, -0.15) is 15.0 Å². The van der Waals surface area contributed by atoms with Crippen LogP contribution in [-0.2, 0) is 0 Å². The Bertz CT molecular complexity index is 395. The Morgan fingerprint density at radius 1 is 1.21 bits per heavy atom. The number of anilines is 3. The molecule has 1 atom stereocenters. The molecule has 0 radical (unpaired) electrons. The molecule has 6 nitrogen and oxygen atoms in total. The Balaban J connectivity index is 2.23. The summed E-state index contributed by atoms with van der Waals surface area (Å²) in [5, 5.41) is 0. The minimum absolute atomic E-state index is 0.306. The predicted octanol–water partition coefficient (Wildman–Crippen LogP) is 1.68. The van der Waals surface area contributed by atoms with Crippen LogP contribution in [0.2, 0.25) is 0 Å². The van der Waals surface area contributed by atoms with Gasteiger partial charge in [0.05, 0.1) is 0 Å². The Morgan fingerprint density at radius 2 is 1.89 bits per heavy atom. The summed E-state index contributed by atoms with van der Waals surface area (Å²) >= 11 is 0. The molecule has 0 spiro atoms. The number of nitrogens with two attached hydrogens (primary N) is 1. The van der Waals surface area contributed by atoms with Crippen molar-refractivity contribution in [1.29, 1.82) is 0 Å². The van der Waals surface area contributed by atoms with Crippen LogP contribution in [0.4, 0.5) is 17.8 Å². The van der Waals surface area contributed by atoms with Gasteiger partial charge in [0, 0.05) is 26.2 Å². The van der Waals surface area contributed by atoms with E-state index in [0.29, 0.717) is 17.9 Å². The fraction of sp³-hybridized carbons (Fsp3) is 0.769. The van der Waals surface area contributed by atoms with Gasteiger partial charge in [-0.3, -0.25) is 0 Å². The molecule has 0 amide bonds. The number of aromatic nitrogens is 3. The molecule has 2 N–H and O–H groups in total. The van der Waals surface area contributed by atoms with Crippen LogP contribution in [0, 0.1) is 0 Å². The van der Waals surface area contributed by atoms with E-state index in [1.807, 2.05) is 7.05 Å². The van der Waals surface area contributed by atoms with E-state index >= 15 is 0 Å². The van der Waals surface area contributed by atoms with Crippen molar-refractivity contribution >= 4 is 17.8 Å². The van der Waals surface area contributed by atoms with E-state index in [1.165, 1.54) is 19.3 Å². The van der Waals surface area contributed by atoms with Gasteiger partial charge in [-0.15, -0.1) is 0 Å². The molecule has 2 rings (SSSR count).